The highest BCUT2D eigenvalue weighted by Crippen LogP contribution is 2.35. The van der Waals surface area contributed by atoms with Crippen LogP contribution in [0.3, 0.4) is 0 Å². The van der Waals surface area contributed by atoms with Gasteiger partial charge < -0.3 is 9.84 Å². The standard InChI is InChI=1S/C21H21NO3S/c1-14(2)25-19-9-4-3-8-17(19)15-6-5-7-16(12-15)18(13-20(23)24)21-22-10-11-26-21/h3-12,14,18H,13H2,1-2H3,(H,23,24). The maximum atomic E-state index is 11.4. The normalized spacial score (nSPS) is 12.1. The number of aromatic nitrogens is 1. The van der Waals surface area contributed by atoms with Crippen LogP contribution in [-0.4, -0.2) is 22.2 Å². The first kappa shape index (κ1) is 18.1. The van der Waals surface area contributed by atoms with E-state index in [1.54, 1.807) is 6.20 Å². The summed E-state index contributed by atoms with van der Waals surface area (Å²) >= 11 is 1.48. The van der Waals surface area contributed by atoms with E-state index in [0.717, 1.165) is 27.4 Å². The molecule has 3 rings (SSSR count). The van der Waals surface area contributed by atoms with Gasteiger partial charge in [-0.15, -0.1) is 11.3 Å². The maximum absolute atomic E-state index is 11.4. The third-order valence-corrected chi connectivity index (χ3v) is 4.87. The number of para-hydroxylation sites is 1. The molecule has 0 amide bonds. The number of carbonyl (C=O) groups is 1. The quantitative estimate of drug-likeness (QED) is 0.623. The first-order valence-electron chi connectivity index (χ1n) is 8.52. The van der Waals surface area contributed by atoms with Gasteiger partial charge in [0.25, 0.3) is 0 Å². The molecule has 0 aliphatic heterocycles. The lowest BCUT2D eigenvalue weighted by atomic mass is 9.93. The van der Waals surface area contributed by atoms with Gasteiger partial charge in [-0.1, -0.05) is 42.5 Å². The topological polar surface area (TPSA) is 59.4 Å². The van der Waals surface area contributed by atoms with Crippen molar-refractivity contribution in [2.75, 3.05) is 0 Å². The van der Waals surface area contributed by atoms with Gasteiger partial charge in [0.05, 0.1) is 12.5 Å². The fraction of sp³-hybridized carbons (Fsp3) is 0.238. The van der Waals surface area contributed by atoms with Gasteiger partial charge in [-0.25, -0.2) is 4.98 Å². The summed E-state index contributed by atoms with van der Waals surface area (Å²) in [6, 6.07) is 15.9. The van der Waals surface area contributed by atoms with Crippen LogP contribution in [0, 0.1) is 0 Å². The number of nitrogens with zero attached hydrogens (tertiary/aromatic N) is 1. The largest absolute Gasteiger partial charge is 0.490 e. The molecule has 5 heteroatoms. The number of ether oxygens (including phenoxy) is 1. The molecule has 0 aliphatic rings. The smallest absolute Gasteiger partial charge is 0.304 e. The highest BCUT2D eigenvalue weighted by molar-refractivity contribution is 7.09. The summed E-state index contributed by atoms with van der Waals surface area (Å²) in [5.74, 6) is -0.270. The Kier molecular flexibility index (Phi) is 5.68. The summed E-state index contributed by atoms with van der Waals surface area (Å²) < 4.78 is 5.93. The molecule has 0 fully saturated rings. The molecule has 1 heterocycles. The molecule has 1 unspecified atom stereocenters. The van der Waals surface area contributed by atoms with Crippen LogP contribution >= 0.6 is 11.3 Å². The zero-order valence-corrected chi connectivity index (χ0v) is 15.6. The Morgan fingerprint density at radius 3 is 2.69 bits per heavy atom. The molecule has 1 atom stereocenters. The summed E-state index contributed by atoms with van der Waals surface area (Å²) in [4.78, 5) is 15.7. The van der Waals surface area contributed by atoms with Crippen LogP contribution in [0.2, 0.25) is 0 Å². The van der Waals surface area contributed by atoms with Crippen molar-refractivity contribution >= 4 is 17.3 Å². The van der Waals surface area contributed by atoms with Crippen LogP contribution in [0.4, 0.5) is 0 Å². The van der Waals surface area contributed by atoms with E-state index in [9.17, 15) is 9.90 Å². The van der Waals surface area contributed by atoms with E-state index in [0.29, 0.717) is 0 Å². The summed E-state index contributed by atoms with van der Waals surface area (Å²) in [5, 5.41) is 12.0. The van der Waals surface area contributed by atoms with Crippen LogP contribution in [-0.2, 0) is 4.79 Å². The number of thiazole rings is 1. The van der Waals surface area contributed by atoms with Gasteiger partial charge in [-0.2, -0.15) is 0 Å². The van der Waals surface area contributed by atoms with Crippen molar-refractivity contribution in [3.8, 4) is 16.9 Å². The predicted octanol–water partition coefficient (Wildman–Crippen LogP) is 5.20. The molecule has 0 spiro atoms. The van der Waals surface area contributed by atoms with Crippen molar-refractivity contribution in [3.05, 3.63) is 70.7 Å². The van der Waals surface area contributed by atoms with Crippen LogP contribution in [0.5, 0.6) is 5.75 Å². The Hall–Kier alpha value is -2.66. The van der Waals surface area contributed by atoms with Gasteiger partial charge in [0.2, 0.25) is 0 Å². The van der Waals surface area contributed by atoms with Crippen LogP contribution < -0.4 is 4.74 Å². The lowest BCUT2D eigenvalue weighted by Gasteiger charge is -2.17. The fourth-order valence-corrected chi connectivity index (χ4v) is 3.68. The summed E-state index contributed by atoms with van der Waals surface area (Å²) in [7, 11) is 0. The molecule has 26 heavy (non-hydrogen) atoms. The molecule has 0 radical (unpaired) electrons. The van der Waals surface area contributed by atoms with E-state index in [-0.39, 0.29) is 18.4 Å². The van der Waals surface area contributed by atoms with Crippen LogP contribution in [0.15, 0.2) is 60.1 Å². The minimum absolute atomic E-state index is 0.0150. The van der Waals surface area contributed by atoms with Crippen molar-refractivity contribution in [1.29, 1.82) is 0 Å². The first-order chi connectivity index (χ1) is 12.5. The van der Waals surface area contributed by atoms with Gasteiger partial charge in [-0.3, -0.25) is 4.79 Å². The molecule has 4 nitrogen and oxygen atoms in total. The molecular weight excluding hydrogens is 346 g/mol. The monoisotopic (exact) mass is 367 g/mol. The number of rotatable bonds is 7. The number of aliphatic carboxylic acids is 1. The molecule has 2 aromatic carbocycles. The van der Waals surface area contributed by atoms with Crippen molar-refractivity contribution in [2.24, 2.45) is 0 Å². The van der Waals surface area contributed by atoms with Crippen molar-refractivity contribution in [3.63, 3.8) is 0 Å². The third-order valence-electron chi connectivity index (χ3n) is 3.98. The van der Waals surface area contributed by atoms with E-state index in [1.165, 1.54) is 11.3 Å². The van der Waals surface area contributed by atoms with E-state index in [1.807, 2.05) is 67.8 Å². The highest BCUT2D eigenvalue weighted by atomic mass is 32.1. The molecule has 0 aliphatic carbocycles. The molecule has 0 saturated heterocycles. The average molecular weight is 367 g/mol. The predicted molar refractivity (Wildman–Crippen MR) is 104 cm³/mol. The zero-order chi connectivity index (χ0) is 18.5. The van der Waals surface area contributed by atoms with E-state index in [2.05, 4.69) is 4.98 Å². The molecule has 0 saturated carbocycles. The molecular formula is C21H21NO3S. The van der Waals surface area contributed by atoms with E-state index in [4.69, 9.17) is 4.74 Å². The Bertz CT molecular complexity index is 874. The van der Waals surface area contributed by atoms with E-state index >= 15 is 0 Å². The molecule has 1 N–H and O–H groups in total. The molecule has 134 valence electrons. The second-order valence-corrected chi connectivity index (χ2v) is 7.24. The maximum Gasteiger partial charge on any atom is 0.304 e. The Morgan fingerprint density at radius 2 is 2.00 bits per heavy atom. The number of benzene rings is 2. The van der Waals surface area contributed by atoms with Gasteiger partial charge in [0.15, 0.2) is 0 Å². The fourth-order valence-electron chi connectivity index (χ4n) is 2.91. The Morgan fingerprint density at radius 1 is 1.19 bits per heavy atom. The average Bonchev–Trinajstić information content (AvgIpc) is 3.14. The summed E-state index contributed by atoms with van der Waals surface area (Å²) in [6.07, 6.45) is 1.81. The van der Waals surface area contributed by atoms with Crippen LogP contribution in [0.25, 0.3) is 11.1 Å². The molecule has 1 aromatic heterocycles. The van der Waals surface area contributed by atoms with Crippen molar-refractivity contribution in [2.45, 2.75) is 32.3 Å². The lowest BCUT2D eigenvalue weighted by Crippen LogP contribution is -2.08. The minimum Gasteiger partial charge on any atom is -0.490 e. The lowest BCUT2D eigenvalue weighted by molar-refractivity contribution is -0.137. The number of carboxylic acid groups (broad SMARTS) is 1. The minimum atomic E-state index is -0.834. The number of hydrogen-bond acceptors (Lipinski definition) is 4. The molecule has 3 aromatic rings. The summed E-state index contributed by atoms with van der Waals surface area (Å²) in [5.41, 5.74) is 2.95. The second kappa shape index (κ2) is 8.15. The second-order valence-electron chi connectivity index (χ2n) is 6.31. The van der Waals surface area contributed by atoms with Crippen molar-refractivity contribution in [1.82, 2.24) is 4.98 Å². The van der Waals surface area contributed by atoms with E-state index < -0.39 is 5.97 Å². The van der Waals surface area contributed by atoms with Gasteiger partial charge in [0.1, 0.15) is 10.8 Å². The van der Waals surface area contributed by atoms with Gasteiger partial charge in [0, 0.05) is 23.1 Å². The third kappa shape index (κ3) is 4.29. The number of hydrogen-bond donors (Lipinski definition) is 1. The van der Waals surface area contributed by atoms with Crippen LogP contribution in [0.1, 0.15) is 36.8 Å². The van der Waals surface area contributed by atoms with Gasteiger partial charge in [-0.05, 0) is 31.0 Å². The SMILES string of the molecule is CC(C)Oc1ccccc1-c1cccc(C(CC(=O)O)c2nccs2)c1. The Labute approximate surface area is 157 Å². The van der Waals surface area contributed by atoms with Gasteiger partial charge >= 0.3 is 5.97 Å². The summed E-state index contributed by atoms with van der Waals surface area (Å²) in [6.45, 7) is 4.00. The zero-order valence-electron chi connectivity index (χ0n) is 14.8. The first-order valence-corrected chi connectivity index (χ1v) is 9.39. The highest BCUT2D eigenvalue weighted by Gasteiger charge is 2.21. The Balaban J connectivity index is 2.01. The number of carboxylic acids is 1. The van der Waals surface area contributed by atoms with Crippen molar-refractivity contribution < 1.29 is 14.6 Å². The molecule has 0 bridgehead atoms.